The molecule has 1 fully saturated rings. The summed E-state index contributed by atoms with van der Waals surface area (Å²) in [5.74, 6) is 0.961. The number of benzene rings is 1. The molecule has 3 heterocycles. The summed E-state index contributed by atoms with van der Waals surface area (Å²) in [5.41, 5.74) is 1.97. The number of carbonyl (C=O) groups is 2. The first-order chi connectivity index (χ1) is 16.4. The highest BCUT2D eigenvalue weighted by molar-refractivity contribution is 6.02. The van der Waals surface area contributed by atoms with Gasteiger partial charge in [0.05, 0.1) is 24.9 Å². The SMILES string of the molecule is CCOc1ccc(CN2C(=O)c3cc4occc4n3C[C@]2(C)C(=O)N[C@@H]2CCCC[C@H]2C)cc1. The van der Waals surface area contributed by atoms with Gasteiger partial charge in [0.2, 0.25) is 5.91 Å². The van der Waals surface area contributed by atoms with E-state index in [-0.39, 0.29) is 17.9 Å². The van der Waals surface area contributed by atoms with Crippen LogP contribution in [-0.4, -0.2) is 39.5 Å². The molecular formula is C27H33N3O4. The van der Waals surface area contributed by atoms with Crippen LogP contribution >= 0.6 is 0 Å². The monoisotopic (exact) mass is 463 g/mol. The molecule has 7 heteroatoms. The quantitative estimate of drug-likeness (QED) is 0.573. The molecule has 3 aromatic rings. The van der Waals surface area contributed by atoms with Crippen molar-refractivity contribution in [3.05, 3.63) is 53.9 Å². The van der Waals surface area contributed by atoms with Gasteiger partial charge >= 0.3 is 0 Å². The first-order valence-electron chi connectivity index (χ1n) is 12.3. The summed E-state index contributed by atoms with van der Waals surface area (Å²) in [5, 5.41) is 3.32. The number of fused-ring (bicyclic) bond motifs is 3. The van der Waals surface area contributed by atoms with Gasteiger partial charge < -0.3 is 23.9 Å². The van der Waals surface area contributed by atoms with E-state index in [1.54, 1.807) is 17.2 Å². The maximum atomic E-state index is 13.9. The summed E-state index contributed by atoms with van der Waals surface area (Å²) < 4.78 is 13.1. The highest BCUT2D eigenvalue weighted by Gasteiger charge is 2.48. The lowest BCUT2D eigenvalue weighted by Gasteiger charge is -2.45. The molecule has 0 unspecified atom stereocenters. The Hall–Kier alpha value is -3.22. The molecule has 0 radical (unpaired) electrons. The van der Waals surface area contributed by atoms with Crippen LogP contribution in [-0.2, 0) is 17.9 Å². The molecule has 3 atom stereocenters. The molecule has 2 amide bonds. The van der Waals surface area contributed by atoms with Crippen molar-refractivity contribution in [3.8, 4) is 5.75 Å². The highest BCUT2D eigenvalue weighted by atomic mass is 16.5. The van der Waals surface area contributed by atoms with Gasteiger partial charge in [-0.15, -0.1) is 0 Å². The number of aromatic nitrogens is 1. The summed E-state index contributed by atoms with van der Waals surface area (Å²) in [6.07, 6.45) is 6.05. The van der Waals surface area contributed by atoms with Crippen LogP contribution in [0, 0.1) is 5.92 Å². The van der Waals surface area contributed by atoms with Gasteiger partial charge in [-0.1, -0.05) is 31.9 Å². The topological polar surface area (TPSA) is 76.7 Å². The van der Waals surface area contributed by atoms with Crippen LogP contribution in [0.15, 0.2) is 47.1 Å². The molecule has 180 valence electrons. The van der Waals surface area contributed by atoms with E-state index in [1.165, 1.54) is 6.42 Å². The van der Waals surface area contributed by atoms with Crippen LogP contribution in [0.1, 0.15) is 62.5 Å². The van der Waals surface area contributed by atoms with Crippen molar-refractivity contribution in [1.82, 2.24) is 14.8 Å². The predicted molar refractivity (Wildman–Crippen MR) is 130 cm³/mol. The normalized spacial score (nSPS) is 24.8. The molecule has 7 nitrogen and oxygen atoms in total. The van der Waals surface area contributed by atoms with Crippen molar-refractivity contribution < 1.29 is 18.7 Å². The molecular weight excluding hydrogens is 430 g/mol. The van der Waals surface area contributed by atoms with Crippen LogP contribution < -0.4 is 10.1 Å². The third kappa shape index (κ3) is 3.87. The molecule has 0 bridgehead atoms. The molecule has 1 N–H and O–H groups in total. The third-order valence-corrected chi connectivity index (χ3v) is 7.54. The van der Waals surface area contributed by atoms with Crippen molar-refractivity contribution >= 4 is 22.9 Å². The van der Waals surface area contributed by atoms with Crippen LogP contribution in [0.4, 0.5) is 0 Å². The lowest BCUT2D eigenvalue weighted by molar-refractivity contribution is -0.134. The number of hydrogen-bond donors (Lipinski definition) is 1. The fourth-order valence-electron chi connectivity index (χ4n) is 5.42. The van der Waals surface area contributed by atoms with Gasteiger partial charge in [0, 0.05) is 24.7 Å². The minimum absolute atomic E-state index is 0.0958. The molecule has 2 aliphatic rings. The Morgan fingerprint density at radius 3 is 2.71 bits per heavy atom. The lowest BCUT2D eigenvalue weighted by Crippen LogP contribution is -2.65. The van der Waals surface area contributed by atoms with E-state index in [1.807, 2.05) is 48.7 Å². The number of amides is 2. The fraction of sp³-hybridized carbons (Fsp3) is 0.481. The minimum atomic E-state index is -1.04. The zero-order valence-electron chi connectivity index (χ0n) is 20.2. The second kappa shape index (κ2) is 8.85. The maximum absolute atomic E-state index is 13.9. The Balaban J connectivity index is 1.49. The average Bonchev–Trinajstić information content (AvgIpc) is 3.42. The average molecular weight is 464 g/mol. The Morgan fingerprint density at radius 2 is 1.97 bits per heavy atom. The molecule has 1 aliphatic heterocycles. The highest BCUT2D eigenvalue weighted by Crippen LogP contribution is 2.35. The number of hydrogen-bond acceptors (Lipinski definition) is 4. The van der Waals surface area contributed by atoms with Crippen LogP contribution in [0.25, 0.3) is 11.1 Å². The van der Waals surface area contributed by atoms with Gasteiger partial charge in [-0.05, 0) is 50.3 Å². The van der Waals surface area contributed by atoms with E-state index in [2.05, 4.69) is 12.2 Å². The van der Waals surface area contributed by atoms with Crippen molar-refractivity contribution in [3.63, 3.8) is 0 Å². The van der Waals surface area contributed by atoms with Crippen molar-refractivity contribution in [2.45, 2.75) is 71.1 Å². The molecule has 0 saturated heterocycles. The zero-order valence-corrected chi connectivity index (χ0v) is 20.2. The standard InChI is InChI=1S/C27H33N3O4/c1-4-33-20-11-9-19(10-12-20)16-30-25(31)23-15-24-22(13-14-34-24)29(23)17-27(30,3)26(32)28-21-8-6-5-7-18(21)2/h9-15,18,21H,4-8,16-17H2,1-3H3,(H,28,32)/t18-,21-,27-/m1/s1. The minimum Gasteiger partial charge on any atom is -0.494 e. The number of carbonyl (C=O) groups excluding carboxylic acids is 2. The van der Waals surface area contributed by atoms with E-state index in [9.17, 15) is 9.59 Å². The summed E-state index contributed by atoms with van der Waals surface area (Å²) in [4.78, 5) is 29.4. The second-order valence-electron chi connectivity index (χ2n) is 9.87. The van der Waals surface area contributed by atoms with Crippen molar-refractivity contribution in [2.24, 2.45) is 5.92 Å². The van der Waals surface area contributed by atoms with Gasteiger partial charge in [-0.2, -0.15) is 0 Å². The summed E-state index contributed by atoms with van der Waals surface area (Å²) in [6.45, 7) is 7.35. The van der Waals surface area contributed by atoms with E-state index in [0.717, 1.165) is 36.1 Å². The Kier molecular flexibility index (Phi) is 5.88. The van der Waals surface area contributed by atoms with Gasteiger partial charge in [-0.25, -0.2) is 0 Å². The summed E-state index contributed by atoms with van der Waals surface area (Å²) in [7, 11) is 0. The predicted octanol–water partition coefficient (Wildman–Crippen LogP) is 4.74. The number of nitrogens with zero attached hydrogens (tertiary/aromatic N) is 2. The molecule has 0 spiro atoms. The van der Waals surface area contributed by atoms with Crippen LogP contribution in [0.3, 0.4) is 0 Å². The zero-order chi connectivity index (χ0) is 23.9. The number of furan rings is 1. The van der Waals surface area contributed by atoms with Crippen LogP contribution in [0.2, 0.25) is 0 Å². The Labute approximate surface area is 200 Å². The fourth-order valence-corrected chi connectivity index (χ4v) is 5.42. The second-order valence-corrected chi connectivity index (χ2v) is 9.87. The maximum Gasteiger partial charge on any atom is 0.271 e. The van der Waals surface area contributed by atoms with Crippen LogP contribution in [0.5, 0.6) is 5.75 Å². The first-order valence-corrected chi connectivity index (χ1v) is 12.3. The molecule has 34 heavy (non-hydrogen) atoms. The van der Waals surface area contributed by atoms with E-state index in [4.69, 9.17) is 9.15 Å². The molecule has 2 aromatic heterocycles. The van der Waals surface area contributed by atoms with Gasteiger partial charge in [-0.3, -0.25) is 9.59 Å². The van der Waals surface area contributed by atoms with E-state index in [0.29, 0.717) is 36.9 Å². The van der Waals surface area contributed by atoms with E-state index >= 15 is 0 Å². The lowest BCUT2D eigenvalue weighted by atomic mass is 9.85. The smallest absolute Gasteiger partial charge is 0.271 e. The third-order valence-electron chi connectivity index (χ3n) is 7.54. The Bertz CT molecular complexity index is 1190. The largest absolute Gasteiger partial charge is 0.494 e. The van der Waals surface area contributed by atoms with Gasteiger partial charge in [0.15, 0.2) is 5.58 Å². The number of rotatable bonds is 6. The molecule has 1 saturated carbocycles. The molecule has 1 aliphatic carbocycles. The van der Waals surface area contributed by atoms with Crippen molar-refractivity contribution in [2.75, 3.05) is 6.61 Å². The number of nitrogens with one attached hydrogen (secondary N) is 1. The summed E-state index contributed by atoms with van der Waals surface area (Å²) >= 11 is 0. The van der Waals surface area contributed by atoms with Gasteiger partial charge in [0.25, 0.3) is 5.91 Å². The summed E-state index contributed by atoms with van der Waals surface area (Å²) in [6, 6.07) is 11.5. The first kappa shape index (κ1) is 22.6. The Morgan fingerprint density at radius 1 is 1.21 bits per heavy atom. The number of ether oxygens (including phenoxy) is 1. The molecule has 1 aromatic carbocycles. The van der Waals surface area contributed by atoms with E-state index < -0.39 is 5.54 Å². The van der Waals surface area contributed by atoms with Crippen molar-refractivity contribution in [1.29, 1.82) is 0 Å². The molecule has 5 rings (SSSR count). The van der Waals surface area contributed by atoms with Gasteiger partial charge in [0.1, 0.15) is 17.0 Å².